The van der Waals surface area contributed by atoms with Gasteiger partial charge in [-0.15, -0.1) is 0 Å². The number of nitrogens with one attached hydrogen (secondary N) is 1. The largest absolute Gasteiger partial charge is 0.458 e. The van der Waals surface area contributed by atoms with Crippen LogP contribution >= 0.6 is 23.2 Å². The Kier molecular flexibility index (Phi) is 7.71. The third-order valence-corrected chi connectivity index (χ3v) is 2.70. The molecule has 0 bridgehead atoms. The van der Waals surface area contributed by atoms with Crippen LogP contribution in [0.15, 0.2) is 18.2 Å². The van der Waals surface area contributed by atoms with Crippen molar-refractivity contribution in [3.8, 4) is 0 Å². The zero-order valence-corrected chi connectivity index (χ0v) is 13.0. The van der Waals surface area contributed by atoms with E-state index in [2.05, 4.69) is 5.32 Å². The van der Waals surface area contributed by atoms with Gasteiger partial charge in [-0.1, -0.05) is 23.2 Å². The maximum absolute atomic E-state index is 11.2. The Balaban J connectivity index is 0.000000441. The second-order valence-electron chi connectivity index (χ2n) is 3.96. The van der Waals surface area contributed by atoms with Gasteiger partial charge in [-0.25, -0.2) is 0 Å². The molecule has 1 N–H and O–H groups in total. The first-order chi connectivity index (χ1) is 10.7. The highest BCUT2D eigenvalue weighted by Gasteiger charge is 2.54. The van der Waals surface area contributed by atoms with Crippen molar-refractivity contribution in [1.29, 1.82) is 0 Å². The van der Waals surface area contributed by atoms with E-state index in [9.17, 15) is 40.7 Å². The summed E-state index contributed by atoms with van der Waals surface area (Å²) in [5, 5.41) is 3.50. The average molecular weight is 398 g/mol. The lowest BCUT2D eigenvalue weighted by atomic mass is 10.2. The summed E-state index contributed by atoms with van der Waals surface area (Å²) in [5.41, 5.74) is 0.650. The van der Waals surface area contributed by atoms with Crippen molar-refractivity contribution in [2.24, 2.45) is 0 Å². The van der Waals surface area contributed by atoms with Crippen LogP contribution in [0.3, 0.4) is 0 Å². The van der Waals surface area contributed by atoms with Crippen LogP contribution in [0, 0.1) is 0 Å². The number of carbonyl (C=O) groups is 3. The summed E-state index contributed by atoms with van der Waals surface area (Å²) in [6.07, 6.45) is -11.5. The molecule has 12 heteroatoms. The Morgan fingerprint density at radius 2 is 1.29 bits per heavy atom. The molecular formula is C12H7Cl2F6NO3. The van der Waals surface area contributed by atoms with Crippen LogP contribution in [-0.4, -0.2) is 29.8 Å². The van der Waals surface area contributed by atoms with Gasteiger partial charge < -0.3 is 5.32 Å². The summed E-state index contributed by atoms with van der Waals surface area (Å²) in [6, 6.07) is 4.93. The normalized spacial score (nSPS) is 11.2. The number of carbonyl (C=O) groups excluding carboxylic acids is 3. The minimum absolute atomic E-state index is 0.131. The van der Waals surface area contributed by atoms with Gasteiger partial charge in [0.05, 0.1) is 10.0 Å². The van der Waals surface area contributed by atoms with Gasteiger partial charge in [0, 0.05) is 12.6 Å². The van der Waals surface area contributed by atoms with Crippen molar-refractivity contribution < 1.29 is 40.7 Å². The third kappa shape index (κ3) is 7.64. The molecular weight excluding hydrogens is 391 g/mol. The van der Waals surface area contributed by atoms with E-state index in [-0.39, 0.29) is 5.91 Å². The van der Waals surface area contributed by atoms with E-state index in [0.29, 0.717) is 15.7 Å². The van der Waals surface area contributed by atoms with E-state index in [0.717, 1.165) is 0 Å². The van der Waals surface area contributed by atoms with Gasteiger partial charge >= 0.3 is 23.9 Å². The van der Waals surface area contributed by atoms with Gasteiger partial charge in [-0.2, -0.15) is 26.3 Å². The standard InChI is InChI=1S/C8H7Cl2NO.C4F6O2/c1-5(12)11-6-2-3-7(9)8(10)4-6;5-3(6,7)1(11)2(12)4(8,9)10/h2-4H,1H3,(H,11,12);. The van der Waals surface area contributed by atoms with Crippen LogP contribution in [-0.2, 0) is 14.4 Å². The van der Waals surface area contributed by atoms with E-state index in [4.69, 9.17) is 23.2 Å². The van der Waals surface area contributed by atoms with E-state index < -0.39 is 23.9 Å². The summed E-state index contributed by atoms with van der Waals surface area (Å²) in [5.74, 6) is -6.95. The first-order valence-electron chi connectivity index (χ1n) is 5.61. The first kappa shape index (κ1) is 22.2. The molecule has 0 radical (unpaired) electrons. The molecule has 134 valence electrons. The molecule has 0 atom stereocenters. The number of rotatable bonds is 2. The molecule has 1 aromatic rings. The lowest BCUT2D eigenvalue weighted by molar-refractivity contribution is -0.193. The van der Waals surface area contributed by atoms with E-state index >= 15 is 0 Å². The lowest BCUT2D eigenvalue weighted by Gasteiger charge is -2.05. The van der Waals surface area contributed by atoms with E-state index in [1.54, 1.807) is 18.2 Å². The van der Waals surface area contributed by atoms with Crippen molar-refractivity contribution in [3.63, 3.8) is 0 Å². The highest BCUT2D eigenvalue weighted by molar-refractivity contribution is 6.42. The predicted molar refractivity (Wildman–Crippen MR) is 72.9 cm³/mol. The molecule has 0 aromatic heterocycles. The molecule has 0 aliphatic carbocycles. The highest BCUT2D eigenvalue weighted by Crippen LogP contribution is 2.25. The average Bonchev–Trinajstić information content (AvgIpc) is 2.39. The Morgan fingerprint density at radius 3 is 1.58 bits per heavy atom. The molecule has 0 saturated heterocycles. The summed E-state index contributed by atoms with van der Waals surface area (Å²) in [7, 11) is 0. The van der Waals surface area contributed by atoms with Crippen molar-refractivity contribution in [1.82, 2.24) is 0 Å². The zero-order chi connectivity index (χ0) is 19.3. The SMILES string of the molecule is CC(=O)Nc1ccc(Cl)c(Cl)c1.O=C(C(=O)C(F)(F)F)C(F)(F)F. The van der Waals surface area contributed by atoms with Gasteiger partial charge in [0.2, 0.25) is 5.91 Å². The molecule has 1 rings (SSSR count). The highest BCUT2D eigenvalue weighted by atomic mass is 35.5. The molecule has 1 aromatic carbocycles. The van der Waals surface area contributed by atoms with Gasteiger partial charge in [0.25, 0.3) is 0 Å². The number of benzene rings is 1. The van der Waals surface area contributed by atoms with Gasteiger partial charge in [0.1, 0.15) is 0 Å². The van der Waals surface area contributed by atoms with Crippen LogP contribution in [0.2, 0.25) is 10.0 Å². The molecule has 0 aliphatic heterocycles. The predicted octanol–water partition coefficient (Wildman–Crippen LogP) is 4.20. The Hall–Kier alpha value is -1.81. The minimum Gasteiger partial charge on any atom is -0.326 e. The fourth-order valence-corrected chi connectivity index (χ4v) is 1.33. The molecule has 0 unspecified atom stereocenters. The summed E-state index contributed by atoms with van der Waals surface area (Å²) < 4.78 is 67.0. The topological polar surface area (TPSA) is 63.2 Å². The molecule has 4 nitrogen and oxygen atoms in total. The molecule has 0 aliphatic rings. The van der Waals surface area contributed by atoms with E-state index in [1.807, 2.05) is 0 Å². The number of amides is 1. The van der Waals surface area contributed by atoms with Gasteiger partial charge in [0.15, 0.2) is 0 Å². The molecule has 0 saturated carbocycles. The number of ketones is 2. The summed E-state index contributed by atoms with van der Waals surface area (Å²) in [6.45, 7) is 1.43. The Bertz CT molecular complexity index is 619. The minimum atomic E-state index is -5.77. The first-order valence-corrected chi connectivity index (χ1v) is 6.37. The monoisotopic (exact) mass is 397 g/mol. The number of halogens is 8. The molecule has 1 amide bonds. The second kappa shape index (κ2) is 8.34. The Morgan fingerprint density at radius 1 is 0.875 bits per heavy atom. The van der Waals surface area contributed by atoms with Crippen LogP contribution in [0.1, 0.15) is 6.92 Å². The number of anilines is 1. The van der Waals surface area contributed by atoms with Crippen LogP contribution in [0.25, 0.3) is 0 Å². The van der Waals surface area contributed by atoms with Gasteiger partial charge in [-0.3, -0.25) is 14.4 Å². The maximum atomic E-state index is 11.2. The molecule has 0 heterocycles. The van der Waals surface area contributed by atoms with Crippen LogP contribution in [0.4, 0.5) is 32.0 Å². The Labute approximate surface area is 140 Å². The summed E-state index contributed by atoms with van der Waals surface area (Å²) in [4.78, 5) is 29.9. The third-order valence-electron chi connectivity index (χ3n) is 1.96. The van der Waals surface area contributed by atoms with Crippen LogP contribution < -0.4 is 5.32 Å². The van der Waals surface area contributed by atoms with Crippen molar-refractivity contribution >= 4 is 46.4 Å². The smallest absolute Gasteiger partial charge is 0.326 e. The maximum Gasteiger partial charge on any atom is 0.458 e. The van der Waals surface area contributed by atoms with E-state index in [1.165, 1.54) is 6.92 Å². The number of Topliss-reactive ketones (excluding diaryl/α,β-unsaturated/α-hetero) is 2. The molecule has 0 fully saturated rings. The second-order valence-corrected chi connectivity index (χ2v) is 4.78. The van der Waals surface area contributed by atoms with Crippen molar-refractivity contribution in [3.05, 3.63) is 28.2 Å². The van der Waals surface area contributed by atoms with Crippen LogP contribution in [0.5, 0.6) is 0 Å². The number of hydrogen-bond acceptors (Lipinski definition) is 3. The number of alkyl halides is 6. The van der Waals surface area contributed by atoms with Gasteiger partial charge in [-0.05, 0) is 18.2 Å². The summed E-state index contributed by atoms with van der Waals surface area (Å²) >= 11 is 11.4. The zero-order valence-electron chi connectivity index (χ0n) is 11.5. The molecule has 24 heavy (non-hydrogen) atoms. The lowest BCUT2D eigenvalue weighted by Crippen LogP contribution is -2.39. The van der Waals surface area contributed by atoms with Crippen molar-refractivity contribution in [2.45, 2.75) is 19.3 Å². The van der Waals surface area contributed by atoms with Crippen molar-refractivity contribution in [2.75, 3.05) is 5.32 Å². The quantitative estimate of drug-likeness (QED) is 0.600. The fraction of sp³-hybridized carbons (Fsp3) is 0.250. The fourth-order valence-electron chi connectivity index (χ4n) is 1.03. The molecule has 0 spiro atoms. The number of hydrogen-bond donors (Lipinski definition) is 1.